The fraction of sp³-hybridized carbons (Fsp3) is 0.200. The highest BCUT2D eigenvalue weighted by molar-refractivity contribution is 6.30. The number of nitrogens with one attached hydrogen (secondary N) is 2. The molecule has 3 aromatic rings. The summed E-state index contributed by atoms with van der Waals surface area (Å²) in [6, 6.07) is 14.3. The summed E-state index contributed by atoms with van der Waals surface area (Å²) in [5, 5.41) is 10.0. The average molecular weight is 421 g/mol. The fourth-order valence-electron chi connectivity index (χ4n) is 3.35. The number of alkyl halides is 3. The van der Waals surface area contributed by atoms with Crippen LogP contribution < -0.4 is 10.6 Å². The standard InChI is InChI=1S/C20H16ClF3N4O/c21-13-7-4-8-14(9-13)25-19(29)16-11-18-26-15(12-5-2-1-3-6-12)10-17(20(22,23)24)28(18)27-16/h1-9,11,15,17,26H,10H2,(H,25,29)/t15-,17-/m1/s1. The molecule has 5 nitrogen and oxygen atoms in total. The first-order chi connectivity index (χ1) is 13.8. The van der Waals surface area contributed by atoms with Crippen molar-refractivity contribution in [2.45, 2.75) is 24.7 Å². The Morgan fingerprint density at radius 3 is 2.59 bits per heavy atom. The Kier molecular flexibility index (Phi) is 4.96. The van der Waals surface area contributed by atoms with Gasteiger partial charge in [-0.2, -0.15) is 18.3 Å². The zero-order chi connectivity index (χ0) is 20.6. The molecule has 0 bridgehead atoms. The second-order valence-corrected chi connectivity index (χ2v) is 7.16. The molecule has 0 spiro atoms. The minimum atomic E-state index is -4.50. The van der Waals surface area contributed by atoms with E-state index < -0.39 is 24.2 Å². The van der Waals surface area contributed by atoms with E-state index in [1.807, 2.05) is 0 Å². The predicted octanol–water partition coefficient (Wildman–Crippen LogP) is 5.45. The van der Waals surface area contributed by atoms with Gasteiger partial charge in [0.05, 0.1) is 6.04 Å². The van der Waals surface area contributed by atoms with Gasteiger partial charge < -0.3 is 10.6 Å². The molecule has 29 heavy (non-hydrogen) atoms. The normalized spacial score (nSPS) is 18.6. The number of nitrogens with zero attached hydrogens (tertiary/aromatic N) is 2. The van der Waals surface area contributed by atoms with E-state index >= 15 is 0 Å². The highest BCUT2D eigenvalue weighted by Gasteiger charge is 2.46. The number of aromatic nitrogens is 2. The summed E-state index contributed by atoms with van der Waals surface area (Å²) < 4.78 is 42.0. The quantitative estimate of drug-likeness (QED) is 0.592. The van der Waals surface area contributed by atoms with E-state index in [4.69, 9.17) is 11.6 Å². The lowest BCUT2D eigenvalue weighted by Crippen LogP contribution is -2.35. The van der Waals surface area contributed by atoms with Crippen molar-refractivity contribution >= 4 is 29.0 Å². The van der Waals surface area contributed by atoms with Crippen LogP contribution in [-0.4, -0.2) is 21.9 Å². The molecule has 0 unspecified atom stereocenters. The number of hydrogen-bond acceptors (Lipinski definition) is 3. The van der Waals surface area contributed by atoms with Crippen LogP contribution in [0.25, 0.3) is 0 Å². The van der Waals surface area contributed by atoms with Crippen LogP contribution in [-0.2, 0) is 0 Å². The van der Waals surface area contributed by atoms with E-state index in [1.165, 1.54) is 12.1 Å². The van der Waals surface area contributed by atoms with Gasteiger partial charge in [0, 0.05) is 23.2 Å². The lowest BCUT2D eigenvalue weighted by Gasteiger charge is -2.33. The lowest BCUT2D eigenvalue weighted by atomic mass is 9.97. The van der Waals surface area contributed by atoms with Gasteiger partial charge in [-0.15, -0.1) is 0 Å². The molecule has 1 aliphatic heterocycles. The lowest BCUT2D eigenvalue weighted by molar-refractivity contribution is -0.173. The van der Waals surface area contributed by atoms with E-state index in [0.29, 0.717) is 10.7 Å². The molecule has 2 heterocycles. The molecule has 1 amide bonds. The summed E-state index contributed by atoms with van der Waals surface area (Å²) in [5.74, 6) is -0.475. The van der Waals surface area contributed by atoms with E-state index in [-0.39, 0.29) is 17.9 Å². The second-order valence-electron chi connectivity index (χ2n) is 6.72. The number of anilines is 2. The maximum atomic E-state index is 13.7. The number of carbonyl (C=O) groups is 1. The molecule has 1 aromatic heterocycles. The molecule has 0 aliphatic carbocycles. The zero-order valence-electron chi connectivity index (χ0n) is 14.9. The predicted molar refractivity (Wildman–Crippen MR) is 104 cm³/mol. The van der Waals surface area contributed by atoms with Gasteiger partial charge in [-0.3, -0.25) is 4.79 Å². The maximum absolute atomic E-state index is 13.7. The van der Waals surface area contributed by atoms with Crippen LogP contribution in [0.3, 0.4) is 0 Å². The van der Waals surface area contributed by atoms with Crippen LogP contribution in [0.5, 0.6) is 0 Å². The van der Waals surface area contributed by atoms with Crippen LogP contribution in [0.2, 0.25) is 5.02 Å². The van der Waals surface area contributed by atoms with Crippen molar-refractivity contribution in [3.05, 3.63) is 76.9 Å². The van der Waals surface area contributed by atoms with Crippen molar-refractivity contribution in [3.8, 4) is 0 Å². The summed E-state index contributed by atoms with van der Waals surface area (Å²) >= 11 is 5.89. The first-order valence-corrected chi connectivity index (χ1v) is 9.24. The average Bonchev–Trinajstić information content (AvgIpc) is 3.11. The van der Waals surface area contributed by atoms with Gasteiger partial charge in [0.2, 0.25) is 0 Å². The molecule has 2 aromatic carbocycles. The van der Waals surface area contributed by atoms with Crippen LogP contribution in [0.15, 0.2) is 60.7 Å². The minimum Gasteiger partial charge on any atom is -0.363 e. The van der Waals surface area contributed by atoms with Crippen molar-refractivity contribution in [3.63, 3.8) is 0 Å². The Balaban J connectivity index is 1.64. The van der Waals surface area contributed by atoms with E-state index in [9.17, 15) is 18.0 Å². The van der Waals surface area contributed by atoms with Gasteiger partial charge in [0.15, 0.2) is 11.7 Å². The summed E-state index contributed by atoms with van der Waals surface area (Å²) in [6.45, 7) is 0. The number of carbonyl (C=O) groups excluding carboxylic acids is 1. The highest BCUT2D eigenvalue weighted by atomic mass is 35.5. The van der Waals surface area contributed by atoms with Crippen molar-refractivity contribution in [1.82, 2.24) is 9.78 Å². The Morgan fingerprint density at radius 2 is 1.90 bits per heavy atom. The second kappa shape index (κ2) is 7.44. The number of hydrogen-bond donors (Lipinski definition) is 2. The molecule has 2 N–H and O–H groups in total. The first-order valence-electron chi connectivity index (χ1n) is 8.86. The molecular formula is C20H16ClF3N4O. The van der Waals surface area contributed by atoms with Crippen LogP contribution in [0.4, 0.5) is 24.7 Å². The minimum absolute atomic E-state index is 0.115. The van der Waals surface area contributed by atoms with Crippen molar-refractivity contribution < 1.29 is 18.0 Å². The molecule has 9 heteroatoms. The van der Waals surface area contributed by atoms with Crippen LogP contribution >= 0.6 is 11.6 Å². The molecule has 1 aliphatic rings. The largest absolute Gasteiger partial charge is 0.410 e. The molecule has 0 radical (unpaired) electrons. The molecular weight excluding hydrogens is 405 g/mol. The fourth-order valence-corrected chi connectivity index (χ4v) is 3.54. The van der Waals surface area contributed by atoms with Crippen LogP contribution in [0, 0.1) is 0 Å². The first kappa shape index (κ1) is 19.3. The van der Waals surface area contributed by atoms with Gasteiger partial charge in [-0.05, 0) is 23.8 Å². The molecule has 4 rings (SSSR count). The number of benzene rings is 2. The van der Waals surface area contributed by atoms with Crippen molar-refractivity contribution in [2.75, 3.05) is 10.6 Å². The van der Waals surface area contributed by atoms with Gasteiger partial charge >= 0.3 is 6.18 Å². The molecule has 0 fully saturated rings. The van der Waals surface area contributed by atoms with Crippen molar-refractivity contribution in [2.24, 2.45) is 0 Å². The molecule has 0 saturated carbocycles. The number of fused-ring (bicyclic) bond motifs is 1. The van der Waals surface area contributed by atoms with E-state index in [0.717, 1.165) is 10.2 Å². The number of rotatable bonds is 3. The maximum Gasteiger partial charge on any atom is 0.410 e. The van der Waals surface area contributed by atoms with Gasteiger partial charge in [-0.25, -0.2) is 4.68 Å². The van der Waals surface area contributed by atoms with Gasteiger partial charge in [0.1, 0.15) is 5.82 Å². The topological polar surface area (TPSA) is 59.0 Å². The summed E-state index contributed by atoms with van der Waals surface area (Å²) in [4.78, 5) is 12.5. The number of halogens is 4. The van der Waals surface area contributed by atoms with E-state index in [2.05, 4.69) is 15.7 Å². The Morgan fingerprint density at radius 1 is 1.14 bits per heavy atom. The van der Waals surface area contributed by atoms with Gasteiger partial charge in [-0.1, -0.05) is 48.0 Å². The SMILES string of the molecule is O=C(Nc1cccc(Cl)c1)c1cc2n(n1)[C@@H](C(F)(F)F)C[C@H](c1ccccc1)N2. The van der Waals surface area contributed by atoms with Gasteiger partial charge in [0.25, 0.3) is 5.91 Å². The summed E-state index contributed by atoms with van der Waals surface area (Å²) in [7, 11) is 0. The molecule has 150 valence electrons. The smallest absolute Gasteiger partial charge is 0.363 e. The molecule has 2 atom stereocenters. The third kappa shape index (κ3) is 4.07. The monoisotopic (exact) mass is 420 g/mol. The molecule has 0 saturated heterocycles. The van der Waals surface area contributed by atoms with Crippen molar-refractivity contribution in [1.29, 1.82) is 0 Å². The Labute approximate surface area is 169 Å². The summed E-state index contributed by atoms with van der Waals surface area (Å²) in [5.41, 5.74) is 1.05. The summed E-state index contributed by atoms with van der Waals surface area (Å²) in [6.07, 6.45) is -4.73. The van der Waals surface area contributed by atoms with Crippen LogP contribution in [0.1, 0.15) is 34.6 Å². The third-order valence-corrected chi connectivity index (χ3v) is 4.94. The third-order valence-electron chi connectivity index (χ3n) is 4.71. The highest BCUT2D eigenvalue weighted by Crippen LogP contribution is 2.43. The number of amides is 1. The Hall–Kier alpha value is -3.00. The van der Waals surface area contributed by atoms with E-state index in [1.54, 1.807) is 48.5 Å². The Bertz CT molecular complexity index is 1040. The zero-order valence-corrected chi connectivity index (χ0v) is 15.7.